The highest BCUT2D eigenvalue weighted by Crippen LogP contribution is 2.10. The Hall–Kier alpha value is -1.56. The van der Waals surface area contributed by atoms with Gasteiger partial charge in [-0.15, -0.1) is 0 Å². The first-order valence-electron chi connectivity index (χ1n) is 3.17. The lowest BCUT2D eigenvalue weighted by Gasteiger charge is -1.91. The summed E-state index contributed by atoms with van der Waals surface area (Å²) in [6.45, 7) is 3.65. The molecule has 1 rings (SSSR count). The Labute approximate surface area is 64.8 Å². The van der Waals surface area contributed by atoms with Crippen LogP contribution in [0.25, 0.3) is 0 Å². The molecule has 3 heteroatoms. The number of aryl methyl sites for hydroxylation is 1. The van der Waals surface area contributed by atoms with Crippen molar-refractivity contribution in [3.05, 3.63) is 39.4 Å². The molecular formula is C8H7NO2. The van der Waals surface area contributed by atoms with Crippen LogP contribution in [0, 0.1) is 36.1 Å². The number of nitrogens with zero attached hydrogens (tertiary/aromatic N) is 1. The summed E-state index contributed by atoms with van der Waals surface area (Å²) < 4.78 is 0. The highest BCUT2D eigenvalue weighted by Gasteiger charge is 2.03. The summed E-state index contributed by atoms with van der Waals surface area (Å²) in [5.41, 5.74) is 1.75. The fourth-order valence-corrected chi connectivity index (χ4v) is 0.704. The van der Waals surface area contributed by atoms with E-state index in [0.29, 0.717) is 0 Å². The highest BCUT2D eigenvalue weighted by molar-refractivity contribution is 5.32. The van der Waals surface area contributed by atoms with E-state index < -0.39 is 4.92 Å². The van der Waals surface area contributed by atoms with Gasteiger partial charge in [0.25, 0.3) is 0 Å². The van der Waals surface area contributed by atoms with E-state index in [2.05, 4.69) is 12.1 Å². The summed E-state index contributed by atoms with van der Waals surface area (Å²) in [4.78, 5) is 9.75. The van der Waals surface area contributed by atoms with Crippen molar-refractivity contribution in [2.75, 3.05) is 0 Å². The summed E-state index contributed by atoms with van der Waals surface area (Å²) in [6, 6.07) is 6.63. The van der Waals surface area contributed by atoms with E-state index >= 15 is 0 Å². The number of rotatable bonds is 1. The Balaban J connectivity index is 3.15. The van der Waals surface area contributed by atoms with Crippen LogP contribution in [0.1, 0.15) is 11.1 Å². The minimum absolute atomic E-state index is 0.0203. The molecule has 11 heavy (non-hydrogen) atoms. The molecule has 1 aromatic carbocycles. The first kappa shape index (κ1) is 7.55. The Kier molecular flexibility index (Phi) is 1.77. The lowest BCUT2D eigenvalue weighted by molar-refractivity contribution is -0.385. The van der Waals surface area contributed by atoms with Crippen LogP contribution in [0.4, 0.5) is 5.69 Å². The molecular weight excluding hydrogens is 142 g/mol. The maximum absolute atomic E-state index is 10.2. The molecule has 3 nitrogen and oxygen atoms in total. The van der Waals surface area contributed by atoms with Gasteiger partial charge in [-0.25, -0.2) is 0 Å². The van der Waals surface area contributed by atoms with E-state index in [-0.39, 0.29) is 5.69 Å². The van der Waals surface area contributed by atoms with Crippen LogP contribution in [-0.2, 0) is 0 Å². The highest BCUT2D eigenvalue weighted by atomic mass is 16.6. The fourth-order valence-electron chi connectivity index (χ4n) is 0.704. The van der Waals surface area contributed by atoms with Crippen LogP contribution in [-0.4, -0.2) is 4.92 Å². The minimum Gasteiger partial charge on any atom is -0.258 e. The molecule has 0 atom stereocenters. The summed E-state index contributed by atoms with van der Waals surface area (Å²) >= 11 is 0. The summed E-state index contributed by atoms with van der Waals surface area (Å²) in [6.07, 6.45) is 0. The maximum atomic E-state index is 10.2. The lowest BCUT2D eigenvalue weighted by atomic mass is 10.1. The quantitative estimate of drug-likeness (QED) is 0.451. The van der Waals surface area contributed by atoms with Crippen molar-refractivity contribution < 1.29 is 4.92 Å². The van der Waals surface area contributed by atoms with Gasteiger partial charge in [0.2, 0.25) is 0 Å². The number of hydrogen-bond donors (Lipinski definition) is 0. The van der Waals surface area contributed by atoms with Gasteiger partial charge in [-0.3, -0.25) is 10.1 Å². The van der Waals surface area contributed by atoms with Gasteiger partial charge in [0.05, 0.1) is 4.92 Å². The second kappa shape index (κ2) is 2.59. The van der Waals surface area contributed by atoms with Crippen LogP contribution >= 0.6 is 0 Å². The third-order valence-electron chi connectivity index (χ3n) is 1.52. The van der Waals surface area contributed by atoms with Gasteiger partial charge in [-0.1, -0.05) is 6.07 Å². The van der Waals surface area contributed by atoms with Crippen LogP contribution < -0.4 is 0 Å². The van der Waals surface area contributed by atoms with E-state index in [1.165, 1.54) is 6.07 Å². The van der Waals surface area contributed by atoms with Gasteiger partial charge in [-0.2, -0.15) is 0 Å². The molecule has 0 spiro atoms. The van der Waals surface area contributed by atoms with E-state index in [9.17, 15) is 10.1 Å². The molecule has 0 unspecified atom stereocenters. The van der Waals surface area contributed by atoms with Gasteiger partial charge in [-0.05, 0) is 19.4 Å². The topological polar surface area (TPSA) is 43.1 Å². The second-order valence-electron chi connectivity index (χ2n) is 2.34. The molecule has 0 aromatic heterocycles. The van der Waals surface area contributed by atoms with Gasteiger partial charge in [0, 0.05) is 17.7 Å². The van der Waals surface area contributed by atoms with Crippen molar-refractivity contribution in [3.63, 3.8) is 0 Å². The van der Waals surface area contributed by atoms with E-state index in [4.69, 9.17) is 0 Å². The zero-order valence-electron chi connectivity index (χ0n) is 6.34. The minimum atomic E-state index is -0.469. The predicted molar refractivity (Wildman–Crippen MR) is 40.2 cm³/mol. The van der Waals surface area contributed by atoms with Crippen LogP contribution in [0.15, 0.2) is 6.07 Å². The largest absolute Gasteiger partial charge is 0.320 e. The van der Waals surface area contributed by atoms with Crippen molar-refractivity contribution >= 4 is 5.69 Å². The van der Waals surface area contributed by atoms with Crippen molar-refractivity contribution in [2.45, 2.75) is 13.8 Å². The molecule has 0 saturated heterocycles. The number of hydrogen-bond acceptors (Lipinski definition) is 2. The van der Waals surface area contributed by atoms with Gasteiger partial charge >= 0.3 is 5.69 Å². The molecule has 0 bridgehead atoms. The Bertz CT molecular complexity index is 294. The summed E-state index contributed by atoms with van der Waals surface area (Å²) in [5.74, 6) is 0. The summed E-state index contributed by atoms with van der Waals surface area (Å²) in [5, 5.41) is 10.2. The second-order valence-corrected chi connectivity index (χ2v) is 2.34. The smallest absolute Gasteiger partial charge is 0.258 e. The Morgan fingerprint density at radius 2 is 2.09 bits per heavy atom. The van der Waals surface area contributed by atoms with Crippen molar-refractivity contribution in [1.82, 2.24) is 0 Å². The lowest BCUT2D eigenvalue weighted by Crippen LogP contribution is -1.87. The Morgan fingerprint density at radius 3 is 2.55 bits per heavy atom. The SMILES string of the molecule is Cc1c#cc([N+](=O)[O-])cc1C. The first-order valence-corrected chi connectivity index (χ1v) is 3.17. The van der Waals surface area contributed by atoms with Crippen molar-refractivity contribution in [3.8, 4) is 0 Å². The summed E-state index contributed by atoms with van der Waals surface area (Å²) in [7, 11) is 0. The van der Waals surface area contributed by atoms with Crippen LogP contribution in [0.2, 0.25) is 0 Å². The zero-order chi connectivity index (χ0) is 8.43. The predicted octanol–water partition coefficient (Wildman–Crippen LogP) is 1.81. The average Bonchev–Trinajstić information content (AvgIpc) is 1.94. The van der Waals surface area contributed by atoms with E-state index in [1.807, 2.05) is 13.8 Å². The van der Waals surface area contributed by atoms with E-state index in [0.717, 1.165) is 11.1 Å². The molecule has 0 heterocycles. The zero-order valence-corrected chi connectivity index (χ0v) is 6.34. The molecule has 0 aliphatic heterocycles. The third kappa shape index (κ3) is 1.47. The molecule has 0 N–H and O–H groups in total. The molecule has 0 aliphatic rings. The molecule has 0 radical (unpaired) electrons. The number of nitro groups is 1. The average molecular weight is 149 g/mol. The van der Waals surface area contributed by atoms with Crippen molar-refractivity contribution in [2.24, 2.45) is 0 Å². The monoisotopic (exact) mass is 149 g/mol. The molecule has 0 aliphatic carbocycles. The molecule has 0 amide bonds. The van der Waals surface area contributed by atoms with Crippen LogP contribution in [0.3, 0.4) is 0 Å². The first-order chi connectivity index (χ1) is 5.11. The van der Waals surface area contributed by atoms with E-state index in [1.54, 1.807) is 0 Å². The van der Waals surface area contributed by atoms with Gasteiger partial charge in [0.1, 0.15) is 0 Å². The van der Waals surface area contributed by atoms with Gasteiger partial charge in [0.15, 0.2) is 0 Å². The van der Waals surface area contributed by atoms with Crippen LogP contribution in [0.5, 0.6) is 0 Å². The Morgan fingerprint density at radius 1 is 1.45 bits per heavy atom. The molecule has 56 valence electrons. The van der Waals surface area contributed by atoms with Gasteiger partial charge < -0.3 is 0 Å². The van der Waals surface area contributed by atoms with Crippen molar-refractivity contribution in [1.29, 1.82) is 0 Å². The fraction of sp³-hybridized carbons (Fsp3) is 0.250. The molecule has 0 saturated carbocycles. The third-order valence-corrected chi connectivity index (χ3v) is 1.52. The maximum Gasteiger partial charge on any atom is 0.320 e. The molecule has 0 fully saturated rings. The standard InChI is InChI=1S/C8H7NO2/c1-6-3-4-8(9(10)11)5-7(6)2/h5H,1-2H3. The molecule has 1 aromatic rings. The normalized spacial score (nSPS) is 8.91.